The number of carboxylic acid groups (broad SMARTS) is 1. The molecule has 0 aromatic heterocycles. The molecule has 0 aliphatic heterocycles. The maximum atomic E-state index is 13.1. The first-order valence-corrected chi connectivity index (χ1v) is 12.0. The molecule has 2 aromatic rings. The van der Waals surface area contributed by atoms with Crippen molar-refractivity contribution in [2.45, 2.75) is 57.0 Å². The third-order valence-corrected chi connectivity index (χ3v) is 7.27. The van der Waals surface area contributed by atoms with Gasteiger partial charge < -0.3 is 20.1 Å². The second-order valence-electron chi connectivity index (χ2n) is 9.28. The fraction of sp³-hybridized carbons (Fsp3) is 0.444. The van der Waals surface area contributed by atoms with Crippen molar-refractivity contribution in [3.8, 4) is 11.1 Å². The van der Waals surface area contributed by atoms with Gasteiger partial charge in [0.05, 0.1) is 5.92 Å². The average molecular weight is 465 g/mol. The van der Waals surface area contributed by atoms with Crippen molar-refractivity contribution in [3.63, 3.8) is 0 Å². The predicted molar refractivity (Wildman–Crippen MR) is 128 cm³/mol. The van der Waals surface area contributed by atoms with Crippen molar-refractivity contribution in [3.05, 3.63) is 59.7 Å². The van der Waals surface area contributed by atoms with Gasteiger partial charge in [0.15, 0.2) is 0 Å². The first-order valence-electron chi connectivity index (χ1n) is 12.0. The number of nitrogens with zero attached hydrogens (tertiary/aromatic N) is 1. The molecule has 0 spiro atoms. The van der Waals surface area contributed by atoms with E-state index in [1.165, 1.54) is 18.9 Å². The highest BCUT2D eigenvalue weighted by Crippen LogP contribution is 2.44. The van der Waals surface area contributed by atoms with E-state index in [0.29, 0.717) is 12.8 Å². The summed E-state index contributed by atoms with van der Waals surface area (Å²) in [5.41, 5.74) is 4.61. The first kappa shape index (κ1) is 23.8. The van der Waals surface area contributed by atoms with E-state index in [1.54, 1.807) is 0 Å². The lowest BCUT2D eigenvalue weighted by molar-refractivity contribution is -0.150. The number of likely N-dealkylation sites (N-methyl/N-ethyl adjacent to an activating group) is 1. The van der Waals surface area contributed by atoms with Crippen molar-refractivity contribution in [2.24, 2.45) is 5.92 Å². The van der Waals surface area contributed by atoms with E-state index in [9.17, 15) is 19.5 Å². The van der Waals surface area contributed by atoms with Gasteiger partial charge in [0.1, 0.15) is 12.6 Å². The lowest BCUT2D eigenvalue weighted by Crippen LogP contribution is -2.50. The number of aliphatic carboxylic acids is 1. The summed E-state index contributed by atoms with van der Waals surface area (Å²) in [5, 5.41) is 12.2. The molecule has 2 amide bonds. The third-order valence-electron chi connectivity index (χ3n) is 7.27. The van der Waals surface area contributed by atoms with Crippen LogP contribution in [0.4, 0.5) is 4.79 Å². The van der Waals surface area contributed by atoms with E-state index in [-0.39, 0.29) is 24.5 Å². The van der Waals surface area contributed by atoms with Crippen molar-refractivity contribution in [1.29, 1.82) is 0 Å². The molecule has 0 unspecified atom stereocenters. The zero-order valence-electron chi connectivity index (χ0n) is 19.7. The Kier molecular flexibility index (Phi) is 7.20. The Hall–Kier alpha value is -3.35. The zero-order valence-corrected chi connectivity index (χ0v) is 19.7. The van der Waals surface area contributed by atoms with Crippen LogP contribution in [0.3, 0.4) is 0 Å². The number of carbonyl (C=O) groups excluding carboxylic acids is 2. The van der Waals surface area contributed by atoms with Crippen LogP contribution in [0.5, 0.6) is 0 Å². The molecule has 0 radical (unpaired) electrons. The molecular formula is C27H32N2O5. The number of ether oxygens (including phenoxy) is 1. The molecule has 2 N–H and O–H groups in total. The molecule has 3 atom stereocenters. The van der Waals surface area contributed by atoms with Gasteiger partial charge in [-0.15, -0.1) is 0 Å². The lowest BCUT2D eigenvalue weighted by atomic mass is 9.93. The van der Waals surface area contributed by atoms with E-state index in [0.717, 1.165) is 41.5 Å². The maximum Gasteiger partial charge on any atom is 0.407 e. The van der Waals surface area contributed by atoms with Crippen LogP contribution in [0.2, 0.25) is 0 Å². The Morgan fingerprint density at radius 2 is 1.59 bits per heavy atom. The summed E-state index contributed by atoms with van der Waals surface area (Å²) in [5.74, 6) is -1.80. The van der Waals surface area contributed by atoms with Crippen LogP contribution < -0.4 is 5.32 Å². The molecular weight excluding hydrogens is 432 g/mol. The van der Waals surface area contributed by atoms with Crippen molar-refractivity contribution >= 4 is 18.0 Å². The van der Waals surface area contributed by atoms with Crippen LogP contribution >= 0.6 is 0 Å². The summed E-state index contributed by atoms with van der Waals surface area (Å²) in [4.78, 5) is 38.6. The van der Waals surface area contributed by atoms with Gasteiger partial charge in [0, 0.05) is 19.0 Å². The minimum absolute atomic E-state index is 0.0349. The van der Waals surface area contributed by atoms with Crippen molar-refractivity contribution in [1.82, 2.24) is 10.2 Å². The van der Waals surface area contributed by atoms with Crippen LogP contribution in [0, 0.1) is 5.92 Å². The van der Waals surface area contributed by atoms with E-state index >= 15 is 0 Å². The number of fused-ring (bicyclic) bond motifs is 3. The second-order valence-corrected chi connectivity index (χ2v) is 9.28. The molecule has 180 valence electrons. The number of carbonyl (C=O) groups is 3. The highest BCUT2D eigenvalue weighted by atomic mass is 16.5. The molecule has 0 bridgehead atoms. The van der Waals surface area contributed by atoms with E-state index < -0.39 is 24.0 Å². The van der Waals surface area contributed by atoms with Crippen LogP contribution in [0.15, 0.2) is 48.5 Å². The molecule has 2 aliphatic rings. The number of alkyl carbamates (subject to hydrolysis) is 1. The number of carboxylic acids is 1. The Morgan fingerprint density at radius 1 is 1.00 bits per heavy atom. The smallest absolute Gasteiger partial charge is 0.407 e. The van der Waals surface area contributed by atoms with Crippen molar-refractivity contribution < 1.29 is 24.2 Å². The van der Waals surface area contributed by atoms with Gasteiger partial charge in [0.25, 0.3) is 0 Å². The van der Waals surface area contributed by atoms with Crippen LogP contribution in [0.25, 0.3) is 11.1 Å². The first-order chi connectivity index (χ1) is 16.4. The number of nitrogens with one attached hydrogen (secondary N) is 1. The largest absolute Gasteiger partial charge is 0.480 e. The van der Waals surface area contributed by atoms with Gasteiger partial charge in [-0.1, -0.05) is 67.8 Å². The SMILES string of the molecule is C[C@@H](C(=O)O)N(C)C(=O)[C@@H]1CCCCC[C@@H]1NC(=O)OCC1c2ccccc2-c2ccccc21. The van der Waals surface area contributed by atoms with Gasteiger partial charge in [0.2, 0.25) is 5.91 Å². The molecule has 34 heavy (non-hydrogen) atoms. The maximum absolute atomic E-state index is 13.1. The summed E-state index contributed by atoms with van der Waals surface area (Å²) in [6.45, 7) is 1.70. The zero-order chi connectivity index (χ0) is 24.2. The summed E-state index contributed by atoms with van der Waals surface area (Å²) in [6, 6.07) is 15.0. The number of benzene rings is 2. The Balaban J connectivity index is 1.43. The van der Waals surface area contributed by atoms with E-state index in [1.807, 2.05) is 24.3 Å². The van der Waals surface area contributed by atoms with Gasteiger partial charge in [-0.2, -0.15) is 0 Å². The van der Waals surface area contributed by atoms with Crippen LogP contribution in [-0.4, -0.2) is 53.7 Å². The lowest BCUT2D eigenvalue weighted by Gasteiger charge is -2.31. The monoisotopic (exact) mass is 464 g/mol. The molecule has 7 nitrogen and oxygen atoms in total. The fourth-order valence-corrected chi connectivity index (χ4v) is 5.19. The van der Waals surface area contributed by atoms with Gasteiger partial charge in [-0.25, -0.2) is 9.59 Å². The standard InChI is InChI=1S/C27H32N2O5/c1-17(26(31)32)29(2)25(30)22-14-4-3-5-15-24(22)28-27(33)34-16-23-20-12-8-6-10-18(20)19-11-7-9-13-21(19)23/h6-13,17,22-24H,3-5,14-16H2,1-2H3,(H,28,33)(H,31,32)/t17-,22+,24-/m0/s1. The van der Waals surface area contributed by atoms with Crippen molar-refractivity contribution in [2.75, 3.05) is 13.7 Å². The minimum Gasteiger partial charge on any atom is -0.480 e. The highest BCUT2D eigenvalue weighted by Gasteiger charge is 2.36. The summed E-state index contributed by atoms with van der Waals surface area (Å²) in [7, 11) is 1.51. The topological polar surface area (TPSA) is 95.9 Å². The molecule has 1 fully saturated rings. The number of rotatable bonds is 6. The van der Waals surface area contributed by atoms with Gasteiger partial charge >= 0.3 is 12.1 Å². The van der Waals surface area contributed by atoms with Crippen LogP contribution in [0.1, 0.15) is 56.1 Å². The molecule has 1 saturated carbocycles. The Labute approximate surface area is 200 Å². The molecule has 4 rings (SSSR count). The third kappa shape index (κ3) is 4.79. The average Bonchev–Trinajstić information content (AvgIpc) is 2.98. The Bertz CT molecular complexity index is 1020. The number of amides is 2. The molecule has 7 heteroatoms. The van der Waals surface area contributed by atoms with E-state index in [2.05, 4.69) is 29.6 Å². The number of hydrogen-bond donors (Lipinski definition) is 2. The molecule has 2 aromatic carbocycles. The minimum atomic E-state index is -1.05. The summed E-state index contributed by atoms with van der Waals surface area (Å²) < 4.78 is 5.69. The second kappa shape index (κ2) is 10.3. The summed E-state index contributed by atoms with van der Waals surface area (Å²) >= 11 is 0. The Morgan fingerprint density at radius 3 is 2.21 bits per heavy atom. The van der Waals surface area contributed by atoms with Gasteiger partial charge in [-0.3, -0.25) is 4.79 Å². The van der Waals surface area contributed by atoms with E-state index in [4.69, 9.17) is 4.74 Å². The molecule has 0 saturated heterocycles. The highest BCUT2D eigenvalue weighted by molar-refractivity contribution is 5.85. The molecule has 2 aliphatic carbocycles. The van der Waals surface area contributed by atoms with Gasteiger partial charge in [-0.05, 0) is 42.0 Å². The fourth-order valence-electron chi connectivity index (χ4n) is 5.19. The number of hydrogen-bond acceptors (Lipinski definition) is 4. The van der Waals surface area contributed by atoms with Crippen LogP contribution in [-0.2, 0) is 14.3 Å². The quantitative estimate of drug-likeness (QED) is 0.618. The molecule has 0 heterocycles. The normalized spacial score (nSPS) is 20.4. The summed E-state index contributed by atoms with van der Waals surface area (Å²) in [6.07, 6.45) is 3.48. The predicted octanol–water partition coefficient (Wildman–Crippen LogP) is 4.41.